The average Bonchev–Trinajstić information content (AvgIpc) is 3.76. The van der Waals surface area contributed by atoms with E-state index in [1.165, 1.54) is 86.8 Å². The summed E-state index contributed by atoms with van der Waals surface area (Å²) < 4.78 is 2.66. The van der Waals surface area contributed by atoms with Crippen LogP contribution in [0.3, 0.4) is 0 Å². The summed E-state index contributed by atoms with van der Waals surface area (Å²) in [4.78, 5) is 4.85. The van der Waals surface area contributed by atoms with E-state index in [9.17, 15) is 0 Å². The highest BCUT2D eigenvalue weighted by Crippen LogP contribution is 2.54. The molecule has 0 radical (unpaired) electrons. The molecule has 1 aliphatic heterocycles. The van der Waals surface area contributed by atoms with Gasteiger partial charge in [-0.15, -0.1) is 11.3 Å². The van der Waals surface area contributed by atoms with E-state index < -0.39 is 0 Å². The third-order valence-corrected chi connectivity index (χ3v) is 13.7. The Kier molecular flexibility index (Phi) is 7.18. The van der Waals surface area contributed by atoms with Crippen LogP contribution in [0, 0.1) is 0 Å². The zero-order chi connectivity index (χ0) is 38.5. The molecule has 274 valence electrons. The molecular formula is C55H38N2S. The van der Waals surface area contributed by atoms with Crippen molar-refractivity contribution in [3.63, 3.8) is 0 Å². The summed E-state index contributed by atoms with van der Waals surface area (Å²) in [7, 11) is 0. The fraction of sp³-hybridized carbons (Fsp3) is 0.0545. The van der Waals surface area contributed by atoms with E-state index in [1.54, 1.807) is 0 Å². The van der Waals surface area contributed by atoms with Crippen molar-refractivity contribution in [1.29, 1.82) is 0 Å². The van der Waals surface area contributed by atoms with Gasteiger partial charge >= 0.3 is 0 Å². The Hall–Kier alpha value is -6.94. The number of nitrogens with zero attached hydrogens (tertiary/aromatic N) is 2. The highest BCUT2D eigenvalue weighted by Gasteiger charge is 2.36. The van der Waals surface area contributed by atoms with Crippen LogP contribution in [0.2, 0.25) is 0 Å². The molecule has 0 unspecified atom stereocenters. The molecule has 2 heterocycles. The number of fused-ring (bicyclic) bond motifs is 8. The molecule has 0 saturated heterocycles. The molecule has 0 fully saturated rings. The lowest BCUT2D eigenvalue weighted by Crippen LogP contribution is -2.17. The van der Waals surface area contributed by atoms with Crippen LogP contribution >= 0.6 is 11.3 Å². The van der Waals surface area contributed by atoms with Crippen LogP contribution < -0.4 is 9.80 Å². The third-order valence-electron chi connectivity index (χ3n) is 12.6. The van der Waals surface area contributed by atoms with Gasteiger partial charge in [-0.05, 0) is 117 Å². The standard InChI is InChI=1S/C55H38N2S/c1-55(2)48-19-9-6-15-41(48)42-30-28-39(34-49(42)55)56(36-13-4-3-5-14-36)37-24-26-38(27-25-37)57-50-20-10-7-16-43(50)47-32-31-40(46-18-12-21-51(57)54(46)47)35-23-29-45-44-17-8-11-22-52(44)58-53(45)33-35/h3-34H,1-2H3. The largest absolute Gasteiger partial charge is 0.310 e. The van der Waals surface area contributed by atoms with Crippen LogP contribution in [0.5, 0.6) is 0 Å². The smallest absolute Gasteiger partial charge is 0.0546 e. The lowest BCUT2D eigenvalue weighted by atomic mass is 9.82. The van der Waals surface area contributed by atoms with Gasteiger partial charge in [-0.3, -0.25) is 0 Å². The molecule has 10 aromatic rings. The summed E-state index contributed by atoms with van der Waals surface area (Å²) in [5.41, 5.74) is 17.3. The summed E-state index contributed by atoms with van der Waals surface area (Å²) >= 11 is 1.88. The Labute approximate surface area is 342 Å². The van der Waals surface area contributed by atoms with Crippen LogP contribution in [0.4, 0.5) is 34.1 Å². The van der Waals surface area contributed by atoms with Crippen molar-refractivity contribution < 1.29 is 0 Å². The SMILES string of the molecule is CC1(C)c2ccccc2-c2ccc(N(c3ccccc3)c3ccc(N4c5ccccc5-c5ccc(-c6ccc7c(c6)sc6ccccc67)c6cccc4c56)cc3)cc21. The van der Waals surface area contributed by atoms with Crippen molar-refractivity contribution >= 4 is 76.4 Å². The highest BCUT2D eigenvalue weighted by atomic mass is 32.1. The molecule has 1 aliphatic carbocycles. The van der Waals surface area contributed by atoms with Crippen molar-refractivity contribution in [3.05, 3.63) is 205 Å². The first kappa shape index (κ1) is 33.2. The Morgan fingerprint density at radius 2 is 1.05 bits per heavy atom. The van der Waals surface area contributed by atoms with Gasteiger partial charge in [-0.1, -0.05) is 135 Å². The van der Waals surface area contributed by atoms with Crippen molar-refractivity contribution in [3.8, 4) is 33.4 Å². The second-order valence-corrected chi connectivity index (χ2v) is 17.2. The average molecular weight is 759 g/mol. The normalized spacial score (nSPS) is 13.4. The Balaban J connectivity index is 0.980. The lowest BCUT2D eigenvalue weighted by Gasteiger charge is -2.34. The summed E-state index contributed by atoms with van der Waals surface area (Å²) in [6.07, 6.45) is 0. The first-order valence-electron chi connectivity index (χ1n) is 20.1. The molecule has 3 heteroatoms. The van der Waals surface area contributed by atoms with Gasteiger partial charge in [0, 0.05) is 59.3 Å². The highest BCUT2D eigenvalue weighted by molar-refractivity contribution is 7.25. The monoisotopic (exact) mass is 758 g/mol. The van der Waals surface area contributed by atoms with E-state index in [2.05, 4.69) is 218 Å². The van der Waals surface area contributed by atoms with Gasteiger partial charge in [-0.2, -0.15) is 0 Å². The van der Waals surface area contributed by atoms with Crippen LogP contribution in [0.1, 0.15) is 25.0 Å². The van der Waals surface area contributed by atoms with E-state index in [0.717, 1.165) is 22.7 Å². The predicted octanol–water partition coefficient (Wildman–Crippen LogP) is 16.1. The first-order valence-corrected chi connectivity index (χ1v) is 20.9. The molecular weight excluding hydrogens is 721 g/mol. The van der Waals surface area contributed by atoms with Gasteiger partial charge in [0.15, 0.2) is 0 Å². The maximum absolute atomic E-state index is 2.45. The van der Waals surface area contributed by atoms with E-state index in [1.807, 2.05) is 11.3 Å². The van der Waals surface area contributed by atoms with Gasteiger partial charge < -0.3 is 9.80 Å². The minimum Gasteiger partial charge on any atom is -0.310 e. The number of hydrogen-bond donors (Lipinski definition) is 0. The van der Waals surface area contributed by atoms with Crippen LogP contribution in [0.25, 0.3) is 64.3 Å². The maximum Gasteiger partial charge on any atom is 0.0546 e. The van der Waals surface area contributed by atoms with Crippen molar-refractivity contribution in [2.75, 3.05) is 9.80 Å². The van der Waals surface area contributed by atoms with E-state index in [4.69, 9.17) is 0 Å². The summed E-state index contributed by atoms with van der Waals surface area (Å²) in [5.74, 6) is 0. The zero-order valence-corrected chi connectivity index (χ0v) is 33.1. The second-order valence-electron chi connectivity index (χ2n) is 16.1. The van der Waals surface area contributed by atoms with Crippen molar-refractivity contribution in [2.45, 2.75) is 19.3 Å². The van der Waals surface area contributed by atoms with Crippen molar-refractivity contribution in [2.24, 2.45) is 0 Å². The molecule has 9 aromatic carbocycles. The molecule has 2 nitrogen and oxygen atoms in total. The Morgan fingerprint density at radius 1 is 0.414 bits per heavy atom. The predicted molar refractivity (Wildman–Crippen MR) is 248 cm³/mol. The maximum atomic E-state index is 2.45. The van der Waals surface area contributed by atoms with E-state index in [-0.39, 0.29) is 5.41 Å². The number of rotatable bonds is 5. The number of thiophene rings is 1. The molecule has 1 aromatic heterocycles. The lowest BCUT2D eigenvalue weighted by molar-refractivity contribution is 0.660. The van der Waals surface area contributed by atoms with Crippen molar-refractivity contribution in [1.82, 2.24) is 0 Å². The molecule has 12 rings (SSSR count). The fourth-order valence-corrected chi connectivity index (χ4v) is 11.0. The topological polar surface area (TPSA) is 6.48 Å². The molecule has 0 spiro atoms. The zero-order valence-electron chi connectivity index (χ0n) is 32.3. The quantitative estimate of drug-likeness (QED) is 0.172. The molecule has 0 bridgehead atoms. The molecule has 0 amide bonds. The third kappa shape index (κ3) is 4.84. The molecule has 0 atom stereocenters. The molecule has 0 N–H and O–H groups in total. The van der Waals surface area contributed by atoms with Crippen LogP contribution in [-0.2, 0) is 5.41 Å². The summed E-state index contributed by atoms with van der Waals surface area (Å²) in [6.45, 7) is 4.70. The number of anilines is 6. The fourth-order valence-electron chi connectivity index (χ4n) is 9.85. The number of hydrogen-bond acceptors (Lipinski definition) is 3. The van der Waals surface area contributed by atoms with E-state index >= 15 is 0 Å². The van der Waals surface area contributed by atoms with E-state index in [0.29, 0.717) is 0 Å². The molecule has 0 saturated carbocycles. The van der Waals surface area contributed by atoms with Gasteiger partial charge in [0.1, 0.15) is 0 Å². The number of para-hydroxylation sites is 2. The molecule has 2 aliphatic rings. The Morgan fingerprint density at radius 3 is 1.93 bits per heavy atom. The Bertz CT molecular complexity index is 3270. The summed E-state index contributed by atoms with van der Waals surface area (Å²) in [6, 6.07) is 71.8. The van der Waals surface area contributed by atoms with Gasteiger partial charge in [-0.25, -0.2) is 0 Å². The summed E-state index contributed by atoms with van der Waals surface area (Å²) in [5, 5.41) is 5.21. The number of benzene rings is 9. The minimum absolute atomic E-state index is 0.0850. The van der Waals surface area contributed by atoms with Crippen LogP contribution in [-0.4, -0.2) is 0 Å². The van der Waals surface area contributed by atoms with Gasteiger partial charge in [0.2, 0.25) is 0 Å². The minimum atomic E-state index is -0.0850. The second kappa shape index (κ2) is 12.5. The molecule has 58 heavy (non-hydrogen) atoms. The van der Waals surface area contributed by atoms with Gasteiger partial charge in [0.25, 0.3) is 0 Å². The van der Waals surface area contributed by atoms with Gasteiger partial charge in [0.05, 0.1) is 11.4 Å². The van der Waals surface area contributed by atoms with Crippen LogP contribution in [0.15, 0.2) is 194 Å². The first-order chi connectivity index (χ1) is 28.5.